The predicted octanol–water partition coefficient (Wildman–Crippen LogP) is 4.33. The Balaban J connectivity index is 1.78. The van der Waals surface area contributed by atoms with Crippen LogP contribution in [0.2, 0.25) is 0 Å². The summed E-state index contributed by atoms with van der Waals surface area (Å²) in [6.07, 6.45) is 2.52. The van der Waals surface area contributed by atoms with E-state index < -0.39 is 0 Å². The van der Waals surface area contributed by atoms with Gasteiger partial charge >= 0.3 is 0 Å². The van der Waals surface area contributed by atoms with Gasteiger partial charge in [0.1, 0.15) is 5.75 Å². The Morgan fingerprint density at radius 1 is 1.15 bits per heavy atom. The first-order valence-electron chi connectivity index (χ1n) is 8.70. The van der Waals surface area contributed by atoms with Crippen molar-refractivity contribution in [3.63, 3.8) is 0 Å². The third-order valence-electron chi connectivity index (χ3n) is 4.44. The number of carbonyl (C=O) groups excluding carboxylic acids is 1. The summed E-state index contributed by atoms with van der Waals surface area (Å²) < 4.78 is 5.45. The van der Waals surface area contributed by atoms with Crippen LogP contribution >= 0.6 is 12.2 Å². The number of amides is 1. The lowest BCUT2D eigenvalue weighted by Crippen LogP contribution is -2.35. The number of hydrogen-bond acceptors (Lipinski definition) is 3. The number of aryl methyl sites for hydroxylation is 1. The Kier molecular flexibility index (Phi) is 5.73. The van der Waals surface area contributed by atoms with Gasteiger partial charge in [0.15, 0.2) is 5.11 Å². The lowest BCUT2D eigenvalue weighted by molar-refractivity contribution is -0.119. The Labute approximate surface area is 159 Å². The molecule has 1 aliphatic heterocycles. The third-order valence-corrected chi connectivity index (χ3v) is 4.65. The molecule has 1 aliphatic rings. The van der Waals surface area contributed by atoms with Crippen molar-refractivity contribution >= 4 is 40.3 Å². The summed E-state index contributed by atoms with van der Waals surface area (Å²) in [5.41, 5.74) is 3.67. The molecule has 0 bridgehead atoms. The number of para-hydroxylation sites is 1. The highest BCUT2D eigenvalue weighted by atomic mass is 32.1. The zero-order chi connectivity index (χ0) is 18.5. The summed E-state index contributed by atoms with van der Waals surface area (Å²) >= 11 is 5.43. The van der Waals surface area contributed by atoms with E-state index in [0.29, 0.717) is 23.8 Å². The minimum atomic E-state index is 0.132. The van der Waals surface area contributed by atoms with Gasteiger partial charge in [-0.3, -0.25) is 4.79 Å². The molecule has 1 fully saturated rings. The topological polar surface area (TPSA) is 53.6 Å². The number of piperidine rings is 1. The molecule has 5 nitrogen and oxygen atoms in total. The van der Waals surface area contributed by atoms with Crippen molar-refractivity contribution in [1.82, 2.24) is 0 Å². The SMILES string of the molecule is COc1ccc(NC(=S)Nc2ccccc2C)cc1N1CCCCC1=O. The summed E-state index contributed by atoms with van der Waals surface area (Å²) in [6, 6.07) is 13.6. The van der Waals surface area contributed by atoms with Gasteiger partial charge in [-0.15, -0.1) is 0 Å². The molecule has 26 heavy (non-hydrogen) atoms. The Morgan fingerprint density at radius 2 is 1.96 bits per heavy atom. The molecule has 0 saturated carbocycles. The number of anilines is 3. The molecule has 0 aromatic heterocycles. The number of thiocarbonyl (C=S) groups is 1. The minimum absolute atomic E-state index is 0.132. The van der Waals surface area contributed by atoms with Crippen molar-refractivity contribution in [2.75, 3.05) is 29.2 Å². The molecule has 1 heterocycles. The van der Waals surface area contributed by atoms with E-state index in [1.165, 1.54) is 0 Å². The van der Waals surface area contributed by atoms with Crippen LogP contribution in [-0.2, 0) is 4.79 Å². The molecule has 2 N–H and O–H groups in total. The van der Waals surface area contributed by atoms with Crippen LogP contribution in [0.4, 0.5) is 17.1 Å². The maximum Gasteiger partial charge on any atom is 0.227 e. The normalized spacial score (nSPS) is 14.1. The highest BCUT2D eigenvalue weighted by Gasteiger charge is 2.23. The van der Waals surface area contributed by atoms with Crippen molar-refractivity contribution in [3.8, 4) is 5.75 Å². The summed E-state index contributed by atoms with van der Waals surface area (Å²) in [6.45, 7) is 2.74. The Hall–Kier alpha value is -2.60. The fraction of sp³-hybridized carbons (Fsp3) is 0.300. The maximum atomic E-state index is 12.3. The maximum absolute atomic E-state index is 12.3. The molecular formula is C20H23N3O2S. The van der Waals surface area contributed by atoms with Gasteiger partial charge in [0.2, 0.25) is 5.91 Å². The fourth-order valence-corrected chi connectivity index (χ4v) is 3.26. The molecule has 0 aliphatic carbocycles. The van der Waals surface area contributed by atoms with Gasteiger partial charge < -0.3 is 20.3 Å². The van der Waals surface area contributed by atoms with Gasteiger partial charge in [0, 0.05) is 24.3 Å². The van der Waals surface area contributed by atoms with Crippen LogP contribution in [0.3, 0.4) is 0 Å². The van der Waals surface area contributed by atoms with Gasteiger partial charge in [-0.2, -0.15) is 0 Å². The molecule has 0 radical (unpaired) electrons. The molecule has 3 rings (SSSR count). The van der Waals surface area contributed by atoms with E-state index in [0.717, 1.165) is 35.5 Å². The highest BCUT2D eigenvalue weighted by Crippen LogP contribution is 2.33. The average Bonchev–Trinajstić information content (AvgIpc) is 2.64. The van der Waals surface area contributed by atoms with Crippen LogP contribution in [0.15, 0.2) is 42.5 Å². The van der Waals surface area contributed by atoms with Crippen LogP contribution < -0.4 is 20.3 Å². The monoisotopic (exact) mass is 369 g/mol. The van der Waals surface area contributed by atoms with Crippen LogP contribution in [-0.4, -0.2) is 24.7 Å². The number of ether oxygens (including phenoxy) is 1. The second-order valence-electron chi connectivity index (χ2n) is 6.28. The molecule has 6 heteroatoms. The van der Waals surface area contributed by atoms with Crippen LogP contribution in [0.1, 0.15) is 24.8 Å². The first-order valence-corrected chi connectivity index (χ1v) is 9.11. The van der Waals surface area contributed by atoms with Crippen molar-refractivity contribution in [1.29, 1.82) is 0 Å². The lowest BCUT2D eigenvalue weighted by Gasteiger charge is -2.28. The summed E-state index contributed by atoms with van der Waals surface area (Å²) in [5, 5.41) is 6.89. The van der Waals surface area contributed by atoms with Crippen molar-refractivity contribution < 1.29 is 9.53 Å². The smallest absolute Gasteiger partial charge is 0.227 e. The Bertz CT molecular complexity index is 822. The molecule has 0 spiro atoms. The molecule has 2 aromatic rings. The number of rotatable bonds is 4. The van der Waals surface area contributed by atoms with E-state index in [1.54, 1.807) is 12.0 Å². The summed E-state index contributed by atoms with van der Waals surface area (Å²) in [5.74, 6) is 0.816. The molecule has 2 aromatic carbocycles. The van der Waals surface area contributed by atoms with Crippen molar-refractivity contribution in [2.45, 2.75) is 26.2 Å². The third kappa shape index (κ3) is 4.14. The zero-order valence-electron chi connectivity index (χ0n) is 15.0. The fourth-order valence-electron chi connectivity index (χ4n) is 3.04. The van der Waals surface area contributed by atoms with Crippen LogP contribution in [0, 0.1) is 6.92 Å². The first kappa shape index (κ1) is 18.2. The first-order chi connectivity index (χ1) is 12.6. The van der Waals surface area contributed by atoms with Crippen molar-refractivity contribution in [2.24, 2.45) is 0 Å². The van der Waals surface area contributed by atoms with Gasteiger partial charge in [-0.1, -0.05) is 18.2 Å². The van der Waals surface area contributed by atoms with Crippen LogP contribution in [0.5, 0.6) is 5.75 Å². The number of methoxy groups -OCH3 is 1. The van der Waals surface area contributed by atoms with Gasteiger partial charge in [-0.05, 0) is 61.8 Å². The molecule has 136 valence electrons. The van der Waals surface area contributed by atoms with Crippen molar-refractivity contribution in [3.05, 3.63) is 48.0 Å². The van der Waals surface area contributed by atoms with Gasteiger partial charge in [0.05, 0.1) is 12.8 Å². The van der Waals surface area contributed by atoms with E-state index in [1.807, 2.05) is 49.4 Å². The second kappa shape index (κ2) is 8.19. The molecule has 1 saturated heterocycles. The van der Waals surface area contributed by atoms with E-state index >= 15 is 0 Å². The lowest BCUT2D eigenvalue weighted by atomic mass is 10.1. The highest BCUT2D eigenvalue weighted by molar-refractivity contribution is 7.80. The number of benzene rings is 2. The van der Waals surface area contributed by atoms with Gasteiger partial charge in [0.25, 0.3) is 0 Å². The number of nitrogens with one attached hydrogen (secondary N) is 2. The van der Waals surface area contributed by atoms with E-state index in [4.69, 9.17) is 17.0 Å². The van der Waals surface area contributed by atoms with E-state index in [2.05, 4.69) is 10.6 Å². The van der Waals surface area contributed by atoms with Crippen LogP contribution in [0.25, 0.3) is 0 Å². The molecule has 0 atom stereocenters. The molecule has 1 amide bonds. The van der Waals surface area contributed by atoms with Gasteiger partial charge in [-0.25, -0.2) is 0 Å². The minimum Gasteiger partial charge on any atom is -0.495 e. The van der Waals surface area contributed by atoms with E-state index in [-0.39, 0.29) is 5.91 Å². The number of hydrogen-bond donors (Lipinski definition) is 2. The second-order valence-corrected chi connectivity index (χ2v) is 6.69. The molecule has 0 unspecified atom stereocenters. The predicted molar refractivity (Wildman–Crippen MR) is 110 cm³/mol. The quantitative estimate of drug-likeness (QED) is 0.786. The van der Waals surface area contributed by atoms with E-state index in [9.17, 15) is 4.79 Å². The summed E-state index contributed by atoms with van der Waals surface area (Å²) in [7, 11) is 1.62. The number of nitrogens with zero attached hydrogens (tertiary/aromatic N) is 1. The molecular weight excluding hydrogens is 346 g/mol. The largest absolute Gasteiger partial charge is 0.495 e. The zero-order valence-corrected chi connectivity index (χ0v) is 15.9. The summed E-state index contributed by atoms with van der Waals surface area (Å²) in [4.78, 5) is 14.1. The number of carbonyl (C=O) groups is 1. The average molecular weight is 369 g/mol. The Morgan fingerprint density at radius 3 is 2.69 bits per heavy atom. The standard InChI is InChI=1S/C20H23N3O2S/c1-14-7-3-4-8-16(14)22-20(26)21-15-10-11-18(25-2)17(13-15)23-12-6-5-9-19(23)24/h3-4,7-8,10-11,13H,5-6,9,12H2,1-2H3,(H2,21,22,26).